The fraction of sp³-hybridized carbons (Fsp3) is 0.550. The number of ether oxygens (including phenoxy) is 1. The molecule has 6 nitrogen and oxygen atoms in total. The van der Waals surface area contributed by atoms with Crippen LogP contribution in [0.1, 0.15) is 42.5 Å². The second kappa shape index (κ2) is 7.37. The molecule has 1 saturated carbocycles. The van der Waals surface area contributed by atoms with Crippen molar-refractivity contribution in [3.8, 4) is 10.6 Å². The van der Waals surface area contributed by atoms with Crippen molar-refractivity contribution in [3.63, 3.8) is 0 Å². The van der Waals surface area contributed by atoms with Crippen LogP contribution in [0.15, 0.2) is 24.7 Å². The standard InChI is InChI=1S/C20H24N4O2S.ClH/c21-19(3-1-4-19)18(25)24-9-5-20(6-10-24)17-14(2-11-26-20)12-16(27-17)15-13-22-7-8-23-15;/h7-8,12-13H,1-6,9-11,21H2;1H. The van der Waals surface area contributed by atoms with E-state index in [1.807, 2.05) is 11.1 Å². The molecule has 1 amide bonds. The predicted molar refractivity (Wildman–Crippen MR) is 111 cm³/mol. The number of nitrogens with zero attached hydrogens (tertiary/aromatic N) is 3. The van der Waals surface area contributed by atoms with Crippen LogP contribution in [0, 0.1) is 0 Å². The molecular formula is C20H25ClN4O2S. The molecule has 3 aliphatic rings. The normalized spacial score (nSPS) is 22.1. The number of fused-ring (bicyclic) bond motifs is 2. The van der Waals surface area contributed by atoms with Crippen molar-refractivity contribution in [1.82, 2.24) is 14.9 Å². The van der Waals surface area contributed by atoms with Gasteiger partial charge in [0.1, 0.15) is 5.60 Å². The highest BCUT2D eigenvalue weighted by Crippen LogP contribution is 2.47. The van der Waals surface area contributed by atoms with Gasteiger partial charge >= 0.3 is 0 Å². The Hall–Kier alpha value is -1.54. The van der Waals surface area contributed by atoms with E-state index in [0.717, 1.165) is 68.8 Å². The third kappa shape index (κ3) is 3.14. The van der Waals surface area contributed by atoms with Crippen LogP contribution in [0.5, 0.6) is 0 Å². The molecule has 1 spiro atoms. The average molecular weight is 421 g/mol. The Morgan fingerprint density at radius 3 is 2.64 bits per heavy atom. The summed E-state index contributed by atoms with van der Waals surface area (Å²) in [6.45, 7) is 2.17. The van der Waals surface area contributed by atoms with Gasteiger partial charge in [0.15, 0.2) is 0 Å². The smallest absolute Gasteiger partial charge is 0.242 e. The lowest BCUT2D eigenvalue weighted by Gasteiger charge is -2.47. The van der Waals surface area contributed by atoms with Crippen molar-refractivity contribution in [2.45, 2.75) is 49.7 Å². The highest BCUT2D eigenvalue weighted by Gasteiger charge is 2.47. The maximum atomic E-state index is 12.8. The third-order valence-electron chi connectivity index (χ3n) is 6.32. The van der Waals surface area contributed by atoms with Gasteiger partial charge in [0, 0.05) is 30.4 Å². The molecule has 150 valence electrons. The van der Waals surface area contributed by atoms with Gasteiger partial charge in [0.2, 0.25) is 5.91 Å². The number of carbonyl (C=O) groups excluding carboxylic acids is 1. The predicted octanol–water partition coefficient (Wildman–Crippen LogP) is 2.90. The van der Waals surface area contributed by atoms with Gasteiger partial charge in [-0.1, -0.05) is 0 Å². The number of thiophene rings is 1. The second-order valence-electron chi connectivity index (χ2n) is 7.95. The van der Waals surface area contributed by atoms with Crippen LogP contribution in [0.4, 0.5) is 0 Å². The Balaban J connectivity index is 0.00000192. The molecule has 0 bridgehead atoms. The number of halogens is 1. The number of rotatable bonds is 2. The van der Waals surface area contributed by atoms with Crippen LogP contribution in [0.25, 0.3) is 10.6 Å². The Bertz CT molecular complexity index is 860. The third-order valence-corrected chi connectivity index (χ3v) is 7.70. The van der Waals surface area contributed by atoms with Gasteiger partial charge in [-0.05, 0) is 50.2 Å². The molecule has 2 aliphatic heterocycles. The molecule has 1 saturated heterocycles. The van der Waals surface area contributed by atoms with Gasteiger partial charge in [-0.2, -0.15) is 0 Å². The largest absolute Gasteiger partial charge is 0.369 e. The summed E-state index contributed by atoms with van der Waals surface area (Å²) in [6, 6.07) is 2.25. The number of carbonyl (C=O) groups is 1. The van der Waals surface area contributed by atoms with Crippen LogP contribution >= 0.6 is 23.7 Å². The molecule has 2 aromatic rings. The molecule has 0 unspecified atom stereocenters. The van der Waals surface area contributed by atoms with E-state index >= 15 is 0 Å². The number of hydrogen-bond acceptors (Lipinski definition) is 6. The summed E-state index contributed by atoms with van der Waals surface area (Å²) in [4.78, 5) is 25.8. The quantitative estimate of drug-likeness (QED) is 0.807. The molecule has 2 N–H and O–H groups in total. The molecule has 0 aromatic carbocycles. The zero-order chi connectivity index (χ0) is 18.5. The van der Waals surface area contributed by atoms with E-state index in [0.29, 0.717) is 0 Å². The highest BCUT2D eigenvalue weighted by atomic mass is 35.5. The van der Waals surface area contributed by atoms with Crippen LogP contribution in [-0.4, -0.2) is 46.0 Å². The maximum absolute atomic E-state index is 12.8. The number of likely N-dealkylation sites (tertiary alicyclic amines) is 1. The van der Waals surface area contributed by atoms with Crippen LogP contribution < -0.4 is 5.73 Å². The first-order chi connectivity index (χ1) is 13.1. The van der Waals surface area contributed by atoms with Gasteiger partial charge in [-0.3, -0.25) is 14.8 Å². The Labute approximate surface area is 174 Å². The van der Waals surface area contributed by atoms with E-state index in [4.69, 9.17) is 10.5 Å². The van der Waals surface area contributed by atoms with Crippen molar-refractivity contribution < 1.29 is 9.53 Å². The number of aromatic nitrogens is 2. The molecule has 0 atom stereocenters. The number of hydrogen-bond donors (Lipinski definition) is 1. The molecule has 2 fully saturated rings. The second-order valence-corrected chi connectivity index (χ2v) is 9.00. The number of piperidine rings is 1. The topological polar surface area (TPSA) is 81.3 Å². The van der Waals surface area contributed by atoms with Gasteiger partial charge < -0.3 is 15.4 Å². The number of amides is 1. The van der Waals surface area contributed by atoms with Crippen molar-refractivity contribution in [2.24, 2.45) is 5.73 Å². The fourth-order valence-corrected chi connectivity index (χ4v) is 5.88. The summed E-state index contributed by atoms with van der Waals surface area (Å²) in [5.41, 5.74) is 7.66. The monoisotopic (exact) mass is 420 g/mol. The summed E-state index contributed by atoms with van der Waals surface area (Å²) in [5, 5.41) is 0. The molecular weight excluding hydrogens is 396 g/mol. The first kappa shape index (κ1) is 19.8. The minimum atomic E-state index is -0.606. The van der Waals surface area contributed by atoms with Crippen LogP contribution in [0.2, 0.25) is 0 Å². The molecule has 4 heterocycles. The maximum Gasteiger partial charge on any atom is 0.242 e. The highest BCUT2D eigenvalue weighted by molar-refractivity contribution is 7.15. The van der Waals surface area contributed by atoms with E-state index in [1.165, 1.54) is 10.4 Å². The Kier molecular flexibility index (Phi) is 5.20. The lowest BCUT2D eigenvalue weighted by molar-refractivity contribution is -0.148. The van der Waals surface area contributed by atoms with Gasteiger partial charge in [0.05, 0.1) is 28.9 Å². The van der Waals surface area contributed by atoms with Crippen LogP contribution in [0.3, 0.4) is 0 Å². The zero-order valence-corrected chi connectivity index (χ0v) is 17.4. The Morgan fingerprint density at radius 2 is 2.00 bits per heavy atom. The molecule has 5 rings (SSSR count). The van der Waals surface area contributed by atoms with Crippen LogP contribution in [-0.2, 0) is 21.6 Å². The van der Waals surface area contributed by atoms with E-state index < -0.39 is 5.54 Å². The first-order valence-corrected chi connectivity index (χ1v) is 10.5. The molecule has 28 heavy (non-hydrogen) atoms. The lowest BCUT2D eigenvalue weighted by Crippen LogP contribution is -2.61. The van der Waals surface area contributed by atoms with E-state index in [9.17, 15) is 4.79 Å². The summed E-state index contributed by atoms with van der Waals surface area (Å²) >= 11 is 1.77. The van der Waals surface area contributed by atoms with Gasteiger partial charge in [-0.15, -0.1) is 23.7 Å². The summed E-state index contributed by atoms with van der Waals surface area (Å²) < 4.78 is 6.34. The lowest BCUT2D eigenvalue weighted by atomic mass is 9.76. The van der Waals surface area contributed by atoms with E-state index in [1.54, 1.807) is 23.7 Å². The first-order valence-electron chi connectivity index (χ1n) is 9.72. The molecule has 8 heteroatoms. The van der Waals surface area contributed by atoms with Crippen molar-refractivity contribution in [3.05, 3.63) is 35.1 Å². The SMILES string of the molecule is Cl.NC1(C(=O)N2CCC3(CC2)OCCc2cc(-c4cnccn4)sc23)CCC1. The molecule has 0 radical (unpaired) electrons. The minimum absolute atomic E-state index is 0. The van der Waals surface area contributed by atoms with Gasteiger partial charge in [0.25, 0.3) is 0 Å². The van der Waals surface area contributed by atoms with Crippen molar-refractivity contribution >= 4 is 29.7 Å². The summed E-state index contributed by atoms with van der Waals surface area (Å²) in [7, 11) is 0. The molecule has 1 aliphatic carbocycles. The minimum Gasteiger partial charge on any atom is -0.369 e. The van der Waals surface area contributed by atoms with Gasteiger partial charge in [-0.25, -0.2) is 0 Å². The summed E-state index contributed by atoms with van der Waals surface area (Å²) in [6.07, 6.45) is 10.5. The number of nitrogens with two attached hydrogens (primary N) is 1. The zero-order valence-electron chi connectivity index (χ0n) is 15.7. The van der Waals surface area contributed by atoms with Crippen molar-refractivity contribution in [1.29, 1.82) is 0 Å². The summed E-state index contributed by atoms with van der Waals surface area (Å²) in [5.74, 6) is 0.131. The molecule has 2 aromatic heterocycles. The van der Waals surface area contributed by atoms with E-state index in [-0.39, 0.29) is 23.9 Å². The average Bonchev–Trinajstić information content (AvgIpc) is 3.13. The Morgan fingerprint density at radius 1 is 1.21 bits per heavy atom. The fourth-order valence-electron chi connectivity index (χ4n) is 4.50. The van der Waals surface area contributed by atoms with Crippen molar-refractivity contribution in [2.75, 3.05) is 19.7 Å². The van der Waals surface area contributed by atoms with E-state index in [2.05, 4.69) is 16.0 Å².